The molecule has 0 aromatic heterocycles. The van der Waals surface area contributed by atoms with Crippen LogP contribution in [-0.4, -0.2) is 25.8 Å². The van der Waals surface area contributed by atoms with E-state index in [4.69, 9.17) is 9.47 Å². The Hall–Kier alpha value is -0.0600. The molecule has 0 amide bonds. The van der Waals surface area contributed by atoms with Crippen molar-refractivity contribution in [2.45, 2.75) is 118 Å². The van der Waals surface area contributed by atoms with Gasteiger partial charge in [0, 0.05) is 30.4 Å². The van der Waals surface area contributed by atoms with Crippen LogP contribution in [0.1, 0.15) is 112 Å². The molecule has 4 heteroatoms. The summed E-state index contributed by atoms with van der Waals surface area (Å²) >= 11 is 0.594. The van der Waals surface area contributed by atoms with E-state index in [9.17, 15) is 3.89 Å². The third-order valence-corrected chi connectivity index (χ3v) is 10.9. The molecule has 0 aromatic carbocycles. The molecule has 0 radical (unpaired) electrons. The van der Waals surface area contributed by atoms with Crippen LogP contribution in [0.15, 0.2) is 11.6 Å². The first-order chi connectivity index (χ1) is 16.4. The molecule has 7 unspecified atom stereocenters. The van der Waals surface area contributed by atoms with Gasteiger partial charge in [-0.2, -0.15) is 3.89 Å². The van der Waals surface area contributed by atoms with Crippen molar-refractivity contribution in [3.05, 3.63) is 11.6 Å². The van der Waals surface area contributed by atoms with Gasteiger partial charge in [-0.15, -0.1) is 0 Å². The molecule has 198 valence electrons. The van der Waals surface area contributed by atoms with Crippen molar-refractivity contribution in [1.82, 2.24) is 0 Å². The average Bonchev–Trinajstić information content (AvgIpc) is 3.18. The Labute approximate surface area is 214 Å². The number of fused-ring (bicyclic) bond motifs is 5. The normalized spacial score (nSPS) is 38.9. The summed E-state index contributed by atoms with van der Waals surface area (Å²) < 4.78 is 25.0. The van der Waals surface area contributed by atoms with Crippen molar-refractivity contribution in [2.75, 3.05) is 19.7 Å². The number of ether oxygens (including phenoxy) is 2. The first-order valence-electron chi connectivity index (χ1n) is 14.5. The second-order valence-corrected chi connectivity index (χ2v) is 12.7. The summed E-state index contributed by atoms with van der Waals surface area (Å²) in [7, 11) is 1.69. The fourth-order valence-corrected chi connectivity index (χ4v) is 9.36. The van der Waals surface area contributed by atoms with Gasteiger partial charge in [0.15, 0.2) is 0 Å². The van der Waals surface area contributed by atoms with E-state index >= 15 is 0 Å². The second kappa shape index (κ2) is 13.0. The standard InChI is InChI=1S/C28H47FO2S.C2H6/c1-20(2)7-5-6-8-21-10-12-25-24-11-9-22-17-23(31-19-30-4)13-16-28(22,18-32-29)26(24)14-15-27(21,25)3;1-2/h9,20-21,23-26H,5-8,10-19H2,1-4H3;1-2H3. The minimum absolute atomic E-state index is 0.0753. The number of hydrogen-bond acceptors (Lipinski definition) is 3. The minimum atomic E-state index is 0.0753. The maximum absolute atomic E-state index is 13.9. The lowest BCUT2D eigenvalue weighted by Crippen LogP contribution is -2.52. The molecule has 3 saturated carbocycles. The first-order valence-corrected chi connectivity index (χ1v) is 15.4. The third-order valence-electron chi connectivity index (χ3n) is 10.3. The van der Waals surface area contributed by atoms with Crippen LogP contribution in [-0.2, 0) is 9.47 Å². The van der Waals surface area contributed by atoms with E-state index in [0.29, 0.717) is 36.0 Å². The molecular weight excluding hydrogens is 443 g/mol. The molecule has 0 spiro atoms. The highest BCUT2D eigenvalue weighted by Gasteiger charge is 2.59. The molecule has 4 aliphatic rings. The van der Waals surface area contributed by atoms with E-state index in [1.54, 1.807) is 7.11 Å². The van der Waals surface area contributed by atoms with Gasteiger partial charge >= 0.3 is 0 Å². The topological polar surface area (TPSA) is 18.5 Å². The Morgan fingerprint density at radius 3 is 2.59 bits per heavy atom. The quantitative estimate of drug-likeness (QED) is 0.170. The van der Waals surface area contributed by atoms with Crippen LogP contribution < -0.4 is 0 Å². The van der Waals surface area contributed by atoms with Crippen LogP contribution in [0.3, 0.4) is 0 Å². The fourth-order valence-electron chi connectivity index (χ4n) is 8.62. The van der Waals surface area contributed by atoms with E-state index in [0.717, 1.165) is 42.9 Å². The number of unbranched alkanes of at least 4 members (excludes halogenated alkanes) is 1. The summed E-state index contributed by atoms with van der Waals surface area (Å²) in [5.41, 5.74) is 2.11. The monoisotopic (exact) mass is 496 g/mol. The van der Waals surface area contributed by atoms with E-state index in [2.05, 4.69) is 26.8 Å². The van der Waals surface area contributed by atoms with Crippen molar-refractivity contribution in [3.63, 3.8) is 0 Å². The SMILES string of the molecule is CC.COCOC1CCC2(CSF)C(=CCC3C2CCC2(C)C(CCCCC(C)C)CCC32)C1. The van der Waals surface area contributed by atoms with Gasteiger partial charge in [-0.1, -0.05) is 65.5 Å². The molecule has 0 N–H and O–H groups in total. The third kappa shape index (κ3) is 5.75. The van der Waals surface area contributed by atoms with Crippen LogP contribution in [0.2, 0.25) is 0 Å². The van der Waals surface area contributed by atoms with Crippen molar-refractivity contribution in [2.24, 2.45) is 40.4 Å². The first kappa shape index (κ1) is 28.5. The van der Waals surface area contributed by atoms with Crippen LogP contribution in [0.25, 0.3) is 0 Å². The Morgan fingerprint density at radius 1 is 1.09 bits per heavy atom. The Balaban J connectivity index is 0.00000158. The zero-order valence-electron chi connectivity index (χ0n) is 23.0. The maximum Gasteiger partial charge on any atom is 0.146 e. The molecule has 0 bridgehead atoms. The van der Waals surface area contributed by atoms with Gasteiger partial charge in [-0.3, -0.25) is 0 Å². The molecule has 0 aliphatic heterocycles. The molecule has 0 saturated heterocycles. The molecule has 2 nitrogen and oxygen atoms in total. The zero-order valence-corrected chi connectivity index (χ0v) is 23.9. The highest BCUT2D eigenvalue weighted by Crippen LogP contribution is 2.67. The summed E-state index contributed by atoms with van der Waals surface area (Å²) in [5, 5.41) is 0. The van der Waals surface area contributed by atoms with Gasteiger partial charge in [0.1, 0.15) is 6.79 Å². The predicted molar refractivity (Wildman–Crippen MR) is 144 cm³/mol. The summed E-state index contributed by atoms with van der Waals surface area (Å²) in [6.07, 6.45) is 18.3. The summed E-state index contributed by atoms with van der Waals surface area (Å²) in [6.45, 7) is 11.7. The van der Waals surface area contributed by atoms with Gasteiger partial charge in [0.25, 0.3) is 0 Å². The lowest BCUT2D eigenvalue weighted by Gasteiger charge is -2.59. The van der Waals surface area contributed by atoms with E-state index in [-0.39, 0.29) is 11.5 Å². The summed E-state index contributed by atoms with van der Waals surface area (Å²) in [6, 6.07) is 0. The number of hydrogen-bond donors (Lipinski definition) is 0. The average molecular weight is 497 g/mol. The molecular formula is C30H53FO2S. The van der Waals surface area contributed by atoms with Crippen molar-refractivity contribution in [1.29, 1.82) is 0 Å². The molecule has 34 heavy (non-hydrogen) atoms. The van der Waals surface area contributed by atoms with E-state index < -0.39 is 0 Å². The predicted octanol–water partition coefficient (Wildman–Crippen LogP) is 9.39. The van der Waals surface area contributed by atoms with Crippen LogP contribution in [0, 0.1) is 40.4 Å². The number of rotatable bonds is 10. The van der Waals surface area contributed by atoms with Gasteiger partial charge in [0.05, 0.1) is 6.10 Å². The van der Waals surface area contributed by atoms with Gasteiger partial charge in [0.2, 0.25) is 0 Å². The largest absolute Gasteiger partial charge is 0.359 e. The molecule has 4 rings (SSSR count). The number of methoxy groups -OCH3 is 1. The Kier molecular flexibility index (Phi) is 10.9. The van der Waals surface area contributed by atoms with Crippen molar-refractivity contribution < 1.29 is 13.4 Å². The highest BCUT2D eigenvalue weighted by molar-refractivity contribution is 7.94. The summed E-state index contributed by atoms with van der Waals surface area (Å²) in [5.74, 6) is 4.68. The minimum Gasteiger partial charge on any atom is -0.359 e. The molecule has 4 aliphatic carbocycles. The van der Waals surface area contributed by atoms with Crippen LogP contribution in [0.5, 0.6) is 0 Å². The van der Waals surface area contributed by atoms with E-state index in [1.165, 1.54) is 63.4 Å². The lowest BCUT2D eigenvalue weighted by molar-refractivity contribution is -0.0967. The molecule has 0 heterocycles. The second-order valence-electron chi connectivity index (χ2n) is 12.2. The molecule has 0 aromatic rings. The fraction of sp³-hybridized carbons (Fsp3) is 0.933. The Bertz CT molecular complexity index is 652. The van der Waals surface area contributed by atoms with Crippen molar-refractivity contribution >= 4 is 12.1 Å². The maximum atomic E-state index is 13.9. The number of allylic oxidation sites excluding steroid dienone is 1. The highest BCUT2D eigenvalue weighted by atomic mass is 32.2. The number of halogens is 1. The molecule has 7 atom stereocenters. The zero-order chi connectivity index (χ0) is 24.8. The van der Waals surface area contributed by atoms with Gasteiger partial charge in [-0.25, -0.2) is 0 Å². The van der Waals surface area contributed by atoms with Crippen molar-refractivity contribution in [3.8, 4) is 0 Å². The Morgan fingerprint density at radius 2 is 1.88 bits per heavy atom. The van der Waals surface area contributed by atoms with Crippen LogP contribution >= 0.6 is 12.1 Å². The smallest absolute Gasteiger partial charge is 0.146 e. The lowest BCUT2D eigenvalue weighted by atomic mass is 9.47. The van der Waals surface area contributed by atoms with Crippen LogP contribution in [0.4, 0.5) is 3.89 Å². The van der Waals surface area contributed by atoms with E-state index in [1.807, 2.05) is 13.8 Å². The molecule has 3 fully saturated rings. The van der Waals surface area contributed by atoms with Gasteiger partial charge < -0.3 is 9.47 Å². The van der Waals surface area contributed by atoms with Gasteiger partial charge in [-0.05, 0) is 92.8 Å². The summed E-state index contributed by atoms with van der Waals surface area (Å²) in [4.78, 5) is 0.